The number of nitrogens with one attached hydrogen (secondary N) is 1. The van der Waals surface area contributed by atoms with Gasteiger partial charge in [-0.1, -0.05) is 0 Å². The molecule has 0 aliphatic rings. The van der Waals surface area contributed by atoms with E-state index >= 15 is 0 Å². The van der Waals surface area contributed by atoms with E-state index in [0.717, 1.165) is 30.2 Å². The molecule has 0 atom stereocenters. The molecule has 0 amide bonds. The van der Waals surface area contributed by atoms with Crippen molar-refractivity contribution in [3.63, 3.8) is 0 Å². The standard InChI is InChI=1S/C15H26N2O2/c1-11(2)18-14-7-6-13(17-9-5-8-16)10-15(14)19-12(3)4/h6-7,10-12,17H,5,8-9,16H2,1-4H3. The second-order valence-electron chi connectivity index (χ2n) is 5.06. The van der Waals surface area contributed by atoms with Crippen molar-refractivity contribution in [3.8, 4) is 11.5 Å². The summed E-state index contributed by atoms with van der Waals surface area (Å²) < 4.78 is 11.6. The molecule has 0 spiro atoms. The molecule has 4 nitrogen and oxygen atoms in total. The van der Waals surface area contributed by atoms with Crippen LogP contribution in [0.4, 0.5) is 5.69 Å². The Morgan fingerprint density at radius 1 is 1.05 bits per heavy atom. The molecular formula is C15H26N2O2. The molecule has 0 aliphatic carbocycles. The zero-order valence-corrected chi connectivity index (χ0v) is 12.4. The molecule has 0 aromatic heterocycles. The van der Waals surface area contributed by atoms with Crippen molar-refractivity contribution in [2.75, 3.05) is 18.4 Å². The van der Waals surface area contributed by atoms with Crippen molar-refractivity contribution in [2.24, 2.45) is 5.73 Å². The van der Waals surface area contributed by atoms with Gasteiger partial charge in [0.15, 0.2) is 11.5 Å². The molecule has 0 unspecified atom stereocenters. The topological polar surface area (TPSA) is 56.5 Å². The van der Waals surface area contributed by atoms with Crippen molar-refractivity contribution in [1.29, 1.82) is 0 Å². The lowest BCUT2D eigenvalue weighted by Gasteiger charge is -2.18. The summed E-state index contributed by atoms with van der Waals surface area (Å²) in [6, 6.07) is 5.93. The van der Waals surface area contributed by atoms with Gasteiger partial charge in [0.25, 0.3) is 0 Å². The average molecular weight is 266 g/mol. The van der Waals surface area contributed by atoms with Crippen molar-refractivity contribution >= 4 is 5.69 Å². The van der Waals surface area contributed by atoms with Crippen molar-refractivity contribution in [1.82, 2.24) is 0 Å². The maximum Gasteiger partial charge on any atom is 0.163 e. The molecule has 0 bridgehead atoms. The normalized spacial score (nSPS) is 10.9. The minimum Gasteiger partial charge on any atom is -0.487 e. The highest BCUT2D eigenvalue weighted by Gasteiger charge is 2.10. The number of benzene rings is 1. The molecule has 0 saturated heterocycles. The van der Waals surface area contributed by atoms with E-state index in [0.29, 0.717) is 6.54 Å². The predicted octanol–water partition coefficient (Wildman–Crippen LogP) is 3.02. The van der Waals surface area contributed by atoms with E-state index in [1.165, 1.54) is 0 Å². The summed E-state index contributed by atoms with van der Waals surface area (Å²) in [6.07, 6.45) is 1.20. The molecule has 1 aromatic carbocycles. The maximum absolute atomic E-state index is 5.80. The molecule has 0 heterocycles. The molecule has 1 aromatic rings. The molecule has 108 valence electrons. The van der Waals surface area contributed by atoms with Gasteiger partial charge in [-0.3, -0.25) is 0 Å². The number of anilines is 1. The number of ether oxygens (including phenoxy) is 2. The highest BCUT2D eigenvalue weighted by Crippen LogP contribution is 2.32. The Hall–Kier alpha value is -1.42. The molecule has 0 radical (unpaired) electrons. The number of nitrogens with two attached hydrogens (primary N) is 1. The first-order valence-electron chi connectivity index (χ1n) is 6.94. The zero-order valence-electron chi connectivity index (χ0n) is 12.4. The Bertz CT molecular complexity index is 378. The summed E-state index contributed by atoms with van der Waals surface area (Å²) in [6.45, 7) is 9.58. The molecule has 4 heteroatoms. The fourth-order valence-corrected chi connectivity index (χ4v) is 1.65. The highest BCUT2D eigenvalue weighted by molar-refractivity contribution is 5.54. The lowest BCUT2D eigenvalue weighted by Crippen LogP contribution is -2.12. The van der Waals surface area contributed by atoms with E-state index in [4.69, 9.17) is 15.2 Å². The summed E-state index contributed by atoms with van der Waals surface area (Å²) in [7, 11) is 0. The van der Waals surface area contributed by atoms with Gasteiger partial charge in [0.05, 0.1) is 12.2 Å². The van der Waals surface area contributed by atoms with E-state index in [1.54, 1.807) is 0 Å². The molecule has 3 N–H and O–H groups in total. The van der Waals surface area contributed by atoms with Crippen molar-refractivity contribution < 1.29 is 9.47 Å². The number of rotatable bonds is 8. The van der Waals surface area contributed by atoms with Crippen molar-refractivity contribution in [2.45, 2.75) is 46.3 Å². The monoisotopic (exact) mass is 266 g/mol. The second-order valence-corrected chi connectivity index (χ2v) is 5.06. The zero-order chi connectivity index (χ0) is 14.3. The summed E-state index contributed by atoms with van der Waals surface area (Å²) >= 11 is 0. The lowest BCUT2D eigenvalue weighted by molar-refractivity contribution is 0.199. The lowest BCUT2D eigenvalue weighted by atomic mass is 10.2. The third-order valence-corrected chi connectivity index (χ3v) is 2.38. The van der Waals surface area contributed by atoms with E-state index in [2.05, 4.69) is 5.32 Å². The molecular weight excluding hydrogens is 240 g/mol. The summed E-state index contributed by atoms with van der Waals surface area (Å²) in [5, 5.41) is 3.32. The Balaban J connectivity index is 2.81. The predicted molar refractivity (Wildman–Crippen MR) is 80.1 cm³/mol. The minimum atomic E-state index is 0.119. The molecule has 0 aliphatic heterocycles. The summed E-state index contributed by atoms with van der Waals surface area (Å²) in [5.41, 5.74) is 6.51. The molecule has 19 heavy (non-hydrogen) atoms. The van der Waals surface area contributed by atoms with Crippen LogP contribution in [0.2, 0.25) is 0 Å². The van der Waals surface area contributed by atoms with Gasteiger partial charge in [0.1, 0.15) is 0 Å². The third-order valence-electron chi connectivity index (χ3n) is 2.38. The van der Waals surface area contributed by atoms with Gasteiger partial charge in [0.2, 0.25) is 0 Å². The van der Waals surface area contributed by atoms with E-state index < -0.39 is 0 Å². The van der Waals surface area contributed by atoms with Crippen LogP contribution >= 0.6 is 0 Å². The Morgan fingerprint density at radius 3 is 2.26 bits per heavy atom. The van der Waals surface area contributed by atoms with E-state index in [9.17, 15) is 0 Å². The first kappa shape index (κ1) is 15.6. The van der Waals surface area contributed by atoms with Crippen LogP contribution < -0.4 is 20.5 Å². The van der Waals surface area contributed by atoms with Crippen LogP contribution in [0.25, 0.3) is 0 Å². The SMILES string of the molecule is CC(C)Oc1ccc(NCCCN)cc1OC(C)C. The molecule has 0 saturated carbocycles. The minimum absolute atomic E-state index is 0.119. The largest absolute Gasteiger partial charge is 0.487 e. The van der Waals surface area contributed by atoms with Crippen LogP contribution in [0.5, 0.6) is 11.5 Å². The van der Waals surface area contributed by atoms with Crippen molar-refractivity contribution in [3.05, 3.63) is 18.2 Å². The summed E-state index contributed by atoms with van der Waals surface area (Å²) in [4.78, 5) is 0. The Labute approximate surface area is 116 Å². The maximum atomic E-state index is 5.80. The quantitative estimate of drug-likeness (QED) is 0.710. The van der Waals surface area contributed by atoms with E-state index in [-0.39, 0.29) is 12.2 Å². The van der Waals surface area contributed by atoms with Crippen LogP contribution in [-0.2, 0) is 0 Å². The van der Waals surface area contributed by atoms with Gasteiger partial charge < -0.3 is 20.5 Å². The Kier molecular flexibility index (Phi) is 6.50. The second kappa shape index (κ2) is 7.89. The van der Waals surface area contributed by atoms with Crippen LogP contribution in [0.3, 0.4) is 0 Å². The van der Waals surface area contributed by atoms with Crippen LogP contribution in [0, 0.1) is 0 Å². The van der Waals surface area contributed by atoms with Gasteiger partial charge in [0, 0.05) is 18.3 Å². The van der Waals surface area contributed by atoms with Crippen LogP contribution in [0.15, 0.2) is 18.2 Å². The average Bonchev–Trinajstić information content (AvgIpc) is 2.31. The fourth-order valence-electron chi connectivity index (χ4n) is 1.65. The molecule has 0 fully saturated rings. The van der Waals surface area contributed by atoms with Gasteiger partial charge in [-0.05, 0) is 52.8 Å². The van der Waals surface area contributed by atoms with Gasteiger partial charge in [-0.25, -0.2) is 0 Å². The number of hydrogen-bond donors (Lipinski definition) is 2. The van der Waals surface area contributed by atoms with Gasteiger partial charge in [-0.2, -0.15) is 0 Å². The molecule has 1 rings (SSSR count). The van der Waals surface area contributed by atoms with Crippen LogP contribution in [0.1, 0.15) is 34.1 Å². The third kappa shape index (κ3) is 5.83. The smallest absolute Gasteiger partial charge is 0.163 e. The number of hydrogen-bond acceptors (Lipinski definition) is 4. The Morgan fingerprint density at radius 2 is 1.68 bits per heavy atom. The highest BCUT2D eigenvalue weighted by atomic mass is 16.5. The van der Waals surface area contributed by atoms with Crippen LogP contribution in [-0.4, -0.2) is 25.3 Å². The summed E-state index contributed by atoms with van der Waals surface area (Å²) in [5.74, 6) is 1.56. The first-order valence-corrected chi connectivity index (χ1v) is 6.94. The fraction of sp³-hybridized carbons (Fsp3) is 0.600. The van der Waals surface area contributed by atoms with Gasteiger partial charge in [-0.15, -0.1) is 0 Å². The van der Waals surface area contributed by atoms with E-state index in [1.807, 2.05) is 45.9 Å². The first-order chi connectivity index (χ1) is 9.02. The van der Waals surface area contributed by atoms with Gasteiger partial charge >= 0.3 is 0 Å².